The van der Waals surface area contributed by atoms with Crippen LogP contribution in [-0.2, 0) is 0 Å². The van der Waals surface area contributed by atoms with Gasteiger partial charge in [0.1, 0.15) is 5.75 Å². The molecule has 7 heteroatoms. The predicted octanol–water partition coefficient (Wildman–Crippen LogP) is 2.92. The Morgan fingerprint density at radius 1 is 1.20 bits per heavy atom. The fraction of sp³-hybridized carbons (Fsp3) is 0.308. The van der Waals surface area contributed by atoms with Crippen molar-refractivity contribution >= 4 is 27.8 Å². The molecule has 106 valence electrons. The predicted molar refractivity (Wildman–Crippen MR) is 82.5 cm³/mol. The number of nitrogens with one attached hydrogen (secondary N) is 1. The molecule has 0 aliphatic carbocycles. The van der Waals surface area contributed by atoms with Crippen molar-refractivity contribution in [3.8, 4) is 11.8 Å². The van der Waals surface area contributed by atoms with E-state index in [0.717, 1.165) is 11.0 Å². The van der Waals surface area contributed by atoms with Gasteiger partial charge in [0.05, 0.1) is 4.47 Å². The fourth-order valence-corrected chi connectivity index (χ4v) is 1.82. The summed E-state index contributed by atoms with van der Waals surface area (Å²) < 4.78 is 6.56. The second-order valence-electron chi connectivity index (χ2n) is 4.20. The number of anilines is 2. The SMILES string of the molecule is CCNc1nc(Oc2ccccc2Br)nc(N(C)C)n1. The Kier molecular flexibility index (Phi) is 4.73. The Balaban J connectivity index is 2.33. The number of hydrogen-bond acceptors (Lipinski definition) is 6. The number of rotatable bonds is 5. The maximum atomic E-state index is 5.71. The topological polar surface area (TPSA) is 63.2 Å². The van der Waals surface area contributed by atoms with Gasteiger partial charge in [-0.1, -0.05) is 12.1 Å². The molecular weight excluding hydrogens is 322 g/mol. The Labute approximate surface area is 126 Å². The molecule has 0 fully saturated rings. The minimum atomic E-state index is 0.256. The van der Waals surface area contributed by atoms with Gasteiger partial charge in [-0.15, -0.1) is 0 Å². The summed E-state index contributed by atoms with van der Waals surface area (Å²) >= 11 is 3.43. The van der Waals surface area contributed by atoms with Crippen LogP contribution in [0, 0.1) is 0 Å². The fourth-order valence-electron chi connectivity index (χ4n) is 1.45. The first-order valence-corrected chi connectivity index (χ1v) is 6.99. The van der Waals surface area contributed by atoms with Crippen molar-refractivity contribution in [1.82, 2.24) is 15.0 Å². The molecule has 20 heavy (non-hydrogen) atoms. The molecule has 0 unspecified atom stereocenters. The Morgan fingerprint density at radius 3 is 2.60 bits per heavy atom. The molecule has 1 aromatic heterocycles. The number of aromatic nitrogens is 3. The first kappa shape index (κ1) is 14.5. The molecule has 1 heterocycles. The molecule has 0 saturated heterocycles. The zero-order valence-corrected chi connectivity index (χ0v) is 13.2. The van der Waals surface area contributed by atoms with E-state index in [9.17, 15) is 0 Å². The van der Waals surface area contributed by atoms with Crippen molar-refractivity contribution < 1.29 is 4.74 Å². The van der Waals surface area contributed by atoms with Crippen molar-refractivity contribution in [1.29, 1.82) is 0 Å². The van der Waals surface area contributed by atoms with Crippen molar-refractivity contribution in [2.75, 3.05) is 30.9 Å². The van der Waals surface area contributed by atoms with Crippen molar-refractivity contribution in [3.63, 3.8) is 0 Å². The number of benzene rings is 1. The molecule has 0 spiro atoms. The molecule has 0 atom stereocenters. The lowest BCUT2D eigenvalue weighted by Crippen LogP contribution is -2.15. The van der Waals surface area contributed by atoms with Gasteiger partial charge in [-0.2, -0.15) is 15.0 Å². The van der Waals surface area contributed by atoms with Crippen LogP contribution in [0.2, 0.25) is 0 Å². The molecule has 0 bridgehead atoms. The van der Waals surface area contributed by atoms with Crippen molar-refractivity contribution in [3.05, 3.63) is 28.7 Å². The summed E-state index contributed by atoms with van der Waals surface area (Å²) in [6.07, 6.45) is 0. The first-order chi connectivity index (χ1) is 9.60. The van der Waals surface area contributed by atoms with Crippen LogP contribution in [-0.4, -0.2) is 35.6 Å². The molecule has 2 rings (SSSR count). The van der Waals surface area contributed by atoms with Crippen LogP contribution >= 0.6 is 15.9 Å². The molecule has 0 aliphatic heterocycles. The standard InChI is InChI=1S/C13H16BrN5O/c1-4-15-11-16-12(19(2)3)18-13(17-11)20-10-8-6-5-7-9(10)14/h5-8H,4H2,1-3H3,(H,15,16,17,18). The van der Waals surface area contributed by atoms with Crippen LogP contribution in [0.3, 0.4) is 0 Å². The quantitative estimate of drug-likeness (QED) is 0.904. The smallest absolute Gasteiger partial charge is 0.328 e. The molecule has 1 N–H and O–H groups in total. The highest BCUT2D eigenvalue weighted by Crippen LogP contribution is 2.28. The van der Waals surface area contributed by atoms with Gasteiger partial charge in [-0.25, -0.2) is 0 Å². The monoisotopic (exact) mass is 337 g/mol. The van der Waals surface area contributed by atoms with Crippen LogP contribution in [0.5, 0.6) is 11.8 Å². The second-order valence-corrected chi connectivity index (χ2v) is 5.05. The van der Waals surface area contributed by atoms with Gasteiger partial charge in [0, 0.05) is 20.6 Å². The average molecular weight is 338 g/mol. The van der Waals surface area contributed by atoms with E-state index < -0.39 is 0 Å². The Hall–Kier alpha value is -1.89. The molecule has 2 aromatic rings. The second kappa shape index (κ2) is 6.51. The number of para-hydroxylation sites is 1. The Morgan fingerprint density at radius 2 is 1.95 bits per heavy atom. The van der Waals surface area contributed by atoms with E-state index in [1.54, 1.807) is 4.90 Å². The van der Waals surface area contributed by atoms with Crippen molar-refractivity contribution in [2.24, 2.45) is 0 Å². The summed E-state index contributed by atoms with van der Waals surface area (Å²) in [4.78, 5) is 14.6. The molecule has 1 aromatic carbocycles. The highest BCUT2D eigenvalue weighted by Gasteiger charge is 2.10. The lowest BCUT2D eigenvalue weighted by molar-refractivity contribution is 0.438. The van der Waals surface area contributed by atoms with Crippen LogP contribution in [0.4, 0.5) is 11.9 Å². The van der Waals surface area contributed by atoms with Gasteiger partial charge in [0.2, 0.25) is 11.9 Å². The van der Waals surface area contributed by atoms with Gasteiger partial charge in [-0.05, 0) is 35.0 Å². The third-order valence-corrected chi connectivity index (χ3v) is 3.03. The maximum Gasteiger partial charge on any atom is 0.328 e. The van der Waals surface area contributed by atoms with Gasteiger partial charge < -0.3 is 15.0 Å². The zero-order chi connectivity index (χ0) is 14.5. The number of halogens is 1. The minimum Gasteiger partial charge on any atom is -0.423 e. The summed E-state index contributed by atoms with van der Waals surface area (Å²) in [6.45, 7) is 2.71. The van der Waals surface area contributed by atoms with Crippen molar-refractivity contribution in [2.45, 2.75) is 6.92 Å². The lowest BCUT2D eigenvalue weighted by Gasteiger charge is -2.13. The van der Waals surface area contributed by atoms with Crippen LogP contribution in [0.15, 0.2) is 28.7 Å². The minimum absolute atomic E-state index is 0.256. The summed E-state index contributed by atoms with van der Waals surface area (Å²) in [5.41, 5.74) is 0. The van der Waals surface area contributed by atoms with E-state index in [-0.39, 0.29) is 6.01 Å². The molecular formula is C13H16BrN5O. The summed E-state index contributed by atoms with van der Waals surface area (Å²) in [5.74, 6) is 1.69. The normalized spacial score (nSPS) is 10.2. The number of hydrogen-bond donors (Lipinski definition) is 1. The van der Waals surface area contributed by atoms with Crippen LogP contribution in [0.25, 0.3) is 0 Å². The molecule has 0 aliphatic rings. The van der Waals surface area contributed by atoms with E-state index in [2.05, 4.69) is 36.2 Å². The Bertz CT molecular complexity index is 591. The number of nitrogens with zero attached hydrogens (tertiary/aromatic N) is 4. The zero-order valence-electron chi connectivity index (χ0n) is 11.6. The van der Waals surface area contributed by atoms with E-state index in [0.29, 0.717) is 17.6 Å². The van der Waals surface area contributed by atoms with Crippen LogP contribution < -0.4 is 15.0 Å². The van der Waals surface area contributed by atoms with Crippen LogP contribution in [0.1, 0.15) is 6.92 Å². The van der Waals surface area contributed by atoms with Gasteiger partial charge >= 0.3 is 6.01 Å². The first-order valence-electron chi connectivity index (χ1n) is 6.19. The highest BCUT2D eigenvalue weighted by atomic mass is 79.9. The number of ether oxygens (including phenoxy) is 1. The lowest BCUT2D eigenvalue weighted by atomic mass is 10.3. The largest absolute Gasteiger partial charge is 0.423 e. The highest BCUT2D eigenvalue weighted by molar-refractivity contribution is 9.10. The van der Waals surface area contributed by atoms with Gasteiger partial charge in [0.25, 0.3) is 0 Å². The third kappa shape index (κ3) is 3.57. The van der Waals surface area contributed by atoms with E-state index in [1.165, 1.54) is 0 Å². The van der Waals surface area contributed by atoms with Gasteiger partial charge in [0.15, 0.2) is 0 Å². The third-order valence-electron chi connectivity index (χ3n) is 2.38. The maximum absolute atomic E-state index is 5.71. The average Bonchev–Trinajstić information content (AvgIpc) is 2.41. The molecule has 0 saturated carbocycles. The molecule has 6 nitrogen and oxygen atoms in total. The van der Waals surface area contributed by atoms with E-state index >= 15 is 0 Å². The summed E-state index contributed by atoms with van der Waals surface area (Å²) in [6, 6.07) is 7.80. The van der Waals surface area contributed by atoms with E-state index in [4.69, 9.17) is 4.74 Å². The molecule has 0 radical (unpaired) electrons. The summed E-state index contributed by atoms with van der Waals surface area (Å²) in [7, 11) is 3.74. The summed E-state index contributed by atoms with van der Waals surface area (Å²) in [5, 5.41) is 3.06. The molecule has 0 amide bonds. The van der Waals surface area contributed by atoms with E-state index in [1.807, 2.05) is 45.3 Å². The van der Waals surface area contributed by atoms with Gasteiger partial charge in [-0.3, -0.25) is 0 Å².